The Hall–Kier alpha value is -1.22. The molecule has 1 aromatic carbocycles. The highest BCUT2D eigenvalue weighted by molar-refractivity contribution is 5.42. The van der Waals surface area contributed by atoms with Crippen molar-refractivity contribution in [3.05, 3.63) is 23.8 Å². The lowest BCUT2D eigenvalue weighted by Crippen LogP contribution is -2.11. The van der Waals surface area contributed by atoms with Crippen LogP contribution in [0.4, 0.5) is 0 Å². The van der Waals surface area contributed by atoms with Gasteiger partial charge in [-0.3, -0.25) is 0 Å². The van der Waals surface area contributed by atoms with Crippen LogP contribution in [0.2, 0.25) is 0 Å². The van der Waals surface area contributed by atoms with Crippen LogP contribution in [-0.4, -0.2) is 18.3 Å². The maximum absolute atomic E-state index is 9.40. The number of rotatable bonds is 1. The van der Waals surface area contributed by atoms with Crippen molar-refractivity contribution in [1.82, 2.24) is 0 Å². The lowest BCUT2D eigenvalue weighted by Gasteiger charge is -2.14. The van der Waals surface area contributed by atoms with Gasteiger partial charge < -0.3 is 15.6 Å². The van der Waals surface area contributed by atoms with Crippen LogP contribution in [-0.2, 0) is 0 Å². The molecule has 1 atom stereocenters. The Morgan fingerprint density at radius 2 is 2.36 bits per heavy atom. The van der Waals surface area contributed by atoms with E-state index in [0.717, 1.165) is 30.8 Å². The van der Waals surface area contributed by atoms with Crippen molar-refractivity contribution in [2.45, 2.75) is 18.8 Å². The van der Waals surface area contributed by atoms with Gasteiger partial charge in [0.25, 0.3) is 0 Å². The van der Waals surface area contributed by atoms with Gasteiger partial charge in [-0.25, -0.2) is 0 Å². The molecule has 1 aliphatic rings. The minimum Gasteiger partial charge on any atom is -0.508 e. The summed E-state index contributed by atoms with van der Waals surface area (Å²) in [5, 5.41) is 9.40. The molecule has 0 amide bonds. The Morgan fingerprint density at radius 3 is 3.14 bits per heavy atom. The minimum absolute atomic E-state index is 0.285. The fraction of sp³-hybridized carbons (Fsp3) is 0.455. The van der Waals surface area contributed by atoms with Crippen molar-refractivity contribution in [2.24, 2.45) is 5.73 Å². The van der Waals surface area contributed by atoms with E-state index in [0.29, 0.717) is 12.5 Å². The SMILES string of the molecule is NCC1CCCOc2ccc(O)cc21. The number of hydrogen-bond donors (Lipinski definition) is 2. The van der Waals surface area contributed by atoms with Gasteiger partial charge in [-0.15, -0.1) is 0 Å². The molecular formula is C11H15NO2. The van der Waals surface area contributed by atoms with Gasteiger partial charge in [0.05, 0.1) is 6.61 Å². The largest absolute Gasteiger partial charge is 0.508 e. The van der Waals surface area contributed by atoms with E-state index >= 15 is 0 Å². The molecule has 3 nitrogen and oxygen atoms in total. The molecule has 0 aromatic heterocycles. The number of nitrogens with two attached hydrogens (primary N) is 1. The predicted molar refractivity (Wildman–Crippen MR) is 54.6 cm³/mol. The van der Waals surface area contributed by atoms with Crippen LogP contribution in [0, 0.1) is 0 Å². The van der Waals surface area contributed by atoms with Crippen molar-refractivity contribution in [3.8, 4) is 11.5 Å². The molecule has 0 aliphatic carbocycles. The standard InChI is InChI=1S/C11H15NO2/c12-7-8-2-1-5-14-11-4-3-9(13)6-10(8)11/h3-4,6,8,13H,1-2,5,7,12H2. The normalized spacial score (nSPS) is 20.8. The Kier molecular flexibility index (Phi) is 2.59. The lowest BCUT2D eigenvalue weighted by molar-refractivity contribution is 0.315. The number of hydrogen-bond acceptors (Lipinski definition) is 3. The molecule has 2 rings (SSSR count). The molecule has 0 bridgehead atoms. The first kappa shape index (κ1) is 9.34. The van der Waals surface area contributed by atoms with Crippen LogP contribution in [0.5, 0.6) is 11.5 Å². The zero-order valence-corrected chi connectivity index (χ0v) is 8.07. The second-order valence-electron chi connectivity index (χ2n) is 3.65. The van der Waals surface area contributed by atoms with Gasteiger partial charge in [0.15, 0.2) is 0 Å². The summed E-state index contributed by atoms with van der Waals surface area (Å²) in [6, 6.07) is 5.23. The fourth-order valence-electron chi connectivity index (χ4n) is 1.90. The molecule has 0 fully saturated rings. The summed E-state index contributed by atoms with van der Waals surface area (Å²) in [7, 11) is 0. The summed E-state index contributed by atoms with van der Waals surface area (Å²) in [6.45, 7) is 1.36. The van der Waals surface area contributed by atoms with Crippen molar-refractivity contribution in [3.63, 3.8) is 0 Å². The van der Waals surface area contributed by atoms with Crippen molar-refractivity contribution in [2.75, 3.05) is 13.2 Å². The van der Waals surface area contributed by atoms with E-state index < -0.39 is 0 Å². The third-order valence-corrected chi connectivity index (χ3v) is 2.67. The van der Waals surface area contributed by atoms with Gasteiger partial charge in [-0.2, -0.15) is 0 Å². The highest BCUT2D eigenvalue weighted by Gasteiger charge is 2.18. The summed E-state index contributed by atoms with van der Waals surface area (Å²) in [5.74, 6) is 1.48. The number of benzene rings is 1. The third-order valence-electron chi connectivity index (χ3n) is 2.67. The molecule has 1 unspecified atom stereocenters. The van der Waals surface area contributed by atoms with Crippen LogP contribution in [0.25, 0.3) is 0 Å². The summed E-state index contributed by atoms with van der Waals surface area (Å²) in [6.07, 6.45) is 2.06. The number of phenols is 1. The van der Waals surface area contributed by atoms with Gasteiger partial charge >= 0.3 is 0 Å². The molecule has 3 N–H and O–H groups in total. The molecule has 0 radical (unpaired) electrons. The van der Waals surface area contributed by atoms with Crippen LogP contribution in [0.15, 0.2) is 18.2 Å². The van der Waals surface area contributed by atoms with E-state index in [-0.39, 0.29) is 5.75 Å². The van der Waals surface area contributed by atoms with Gasteiger partial charge in [-0.1, -0.05) is 0 Å². The summed E-state index contributed by atoms with van der Waals surface area (Å²) in [4.78, 5) is 0. The average molecular weight is 193 g/mol. The number of ether oxygens (including phenoxy) is 1. The molecule has 1 aliphatic heterocycles. The molecule has 1 aromatic rings. The minimum atomic E-state index is 0.285. The quantitative estimate of drug-likeness (QED) is 0.712. The molecule has 3 heteroatoms. The second-order valence-corrected chi connectivity index (χ2v) is 3.65. The summed E-state index contributed by atoms with van der Waals surface area (Å²) >= 11 is 0. The van der Waals surface area contributed by atoms with Gasteiger partial charge in [0.2, 0.25) is 0 Å². The van der Waals surface area contributed by atoms with Crippen molar-refractivity contribution in [1.29, 1.82) is 0 Å². The topological polar surface area (TPSA) is 55.5 Å². The Balaban J connectivity index is 2.40. The maximum Gasteiger partial charge on any atom is 0.123 e. The molecule has 0 spiro atoms. The molecule has 76 valence electrons. The first-order chi connectivity index (χ1) is 6.81. The first-order valence-electron chi connectivity index (χ1n) is 4.97. The number of aromatic hydroxyl groups is 1. The summed E-state index contributed by atoms with van der Waals surface area (Å²) < 4.78 is 5.57. The highest BCUT2D eigenvalue weighted by Crippen LogP contribution is 2.34. The number of fused-ring (bicyclic) bond motifs is 1. The molecule has 0 saturated carbocycles. The van der Waals surface area contributed by atoms with E-state index in [1.54, 1.807) is 12.1 Å². The van der Waals surface area contributed by atoms with E-state index in [2.05, 4.69) is 0 Å². The van der Waals surface area contributed by atoms with Gasteiger partial charge in [-0.05, 0) is 37.6 Å². The van der Waals surface area contributed by atoms with Gasteiger partial charge in [0, 0.05) is 11.5 Å². The van der Waals surface area contributed by atoms with E-state index in [1.807, 2.05) is 6.07 Å². The van der Waals surface area contributed by atoms with Crippen LogP contribution >= 0.6 is 0 Å². The van der Waals surface area contributed by atoms with Gasteiger partial charge in [0.1, 0.15) is 11.5 Å². The third kappa shape index (κ3) is 1.68. The summed E-state index contributed by atoms with van der Waals surface area (Å²) in [5.41, 5.74) is 6.75. The molecule has 0 saturated heterocycles. The average Bonchev–Trinajstić information content (AvgIpc) is 2.39. The lowest BCUT2D eigenvalue weighted by atomic mass is 9.94. The predicted octanol–water partition coefficient (Wildman–Crippen LogP) is 1.61. The molecule has 1 heterocycles. The highest BCUT2D eigenvalue weighted by atomic mass is 16.5. The Labute approximate surface area is 83.5 Å². The van der Waals surface area contributed by atoms with Crippen molar-refractivity contribution >= 4 is 0 Å². The Bertz CT molecular complexity index is 325. The van der Waals surface area contributed by atoms with Crippen LogP contribution < -0.4 is 10.5 Å². The second kappa shape index (κ2) is 3.88. The van der Waals surface area contributed by atoms with Crippen LogP contribution in [0.3, 0.4) is 0 Å². The zero-order chi connectivity index (χ0) is 9.97. The molecular weight excluding hydrogens is 178 g/mol. The zero-order valence-electron chi connectivity index (χ0n) is 8.07. The maximum atomic E-state index is 9.40. The van der Waals surface area contributed by atoms with E-state index in [4.69, 9.17) is 10.5 Å². The van der Waals surface area contributed by atoms with Crippen molar-refractivity contribution < 1.29 is 9.84 Å². The van der Waals surface area contributed by atoms with E-state index in [1.165, 1.54) is 0 Å². The first-order valence-corrected chi connectivity index (χ1v) is 4.97. The fourth-order valence-corrected chi connectivity index (χ4v) is 1.90. The number of phenolic OH excluding ortho intramolecular Hbond substituents is 1. The molecule has 14 heavy (non-hydrogen) atoms. The van der Waals surface area contributed by atoms with Crippen LogP contribution in [0.1, 0.15) is 24.3 Å². The Morgan fingerprint density at radius 1 is 1.50 bits per heavy atom. The monoisotopic (exact) mass is 193 g/mol. The smallest absolute Gasteiger partial charge is 0.123 e. The van der Waals surface area contributed by atoms with E-state index in [9.17, 15) is 5.11 Å².